The molecule has 3 heterocycles. The van der Waals surface area contributed by atoms with Crippen LogP contribution in [0.15, 0.2) is 6.20 Å². The molecule has 128 valence electrons. The first kappa shape index (κ1) is 16.4. The van der Waals surface area contributed by atoms with Crippen molar-refractivity contribution >= 4 is 28.3 Å². The molecule has 24 heavy (non-hydrogen) atoms. The molecule has 2 amide bonds. The second kappa shape index (κ2) is 6.56. The number of primary amides is 1. The monoisotopic (exact) mass is 349 g/mol. The Hall–Kier alpha value is -2.49. The number of rotatable bonds is 4. The zero-order valence-electron chi connectivity index (χ0n) is 13.6. The number of hydrogen-bond donors (Lipinski definition) is 1. The molecule has 1 saturated heterocycles. The van der Waals surface area contributed by atoms with E-state index in [2.05, 4.69) is 27.1 Å². The summed E-state index contributed by atoms with van der Waals surface area (Å²) in [5, 5.41) is 8.58. The molecule has 2 N–H and O–H groups in total. The molecule has 10 heteroatoms. The molecule has 1 fully saturated rings. The summed E-state index contributed by atoms with van der Waals surface area (Å²) in [6.45, 7) is 6.63. The van der Waals surface area contributed by atoms with Gasteiger partial charge in [0.25, 0.3) is 5.91 Å². The predicted octanol–water partition coefficient (Wildman–Crippen LogP) is -0.201. The summed E-state index contributed by atoms with van der Waals surface area (Å²) in [4.78, 5) is 33.0. The van der Waals surface area contributed by atoms with Crippen molar-refractivity contribution in [3.05, 3.63) is 22.5 Å². The van der Waals surface area contributed by atoms with Crippen molar-refractivity contribution in [1.82, 2.24) is 24.9 Å². The minimum atomic E-state index is -0.526. The predicted molar refractivity (Wildman–Crippen MR) is 88.9 cm³/mol. The van der Waals surface area contributed by atoms with Crippen molar-refractivity contribution in [3.63, 3.8) is 0 Å². The minimum absolute atomic E-state index is 0.0865. The summed E-state index contributed by atoms with van der Waals surface area (Å²) in [6, 6.07) is 0. The number of aromatic nitrogens is 4. The molecule has 3 rings (SSSR count). The minimum Gasteiger partial charge on any atom is -0.368 e. The smallest absolute Gasteiger partial charge is 0.276 e. The SMILES string of the molecule is Cc1nc(N2CCN(C(=O)c3cn(CC(N)=O)nn3)CC2)sc1C. The van der Waals surface area contributed by atoms with E-state index in [-0.39, 0.29) is 18.1 Å². The summed E-state index contributed by atoms with van der Waals surface area (Å²) in [6.07, 6.45) is 1.45. The Labute approximate surface area is 143 Å². The van der Waals surface area contributed by atoms with Crippen molar-refractivity contribution in [2.45, 2.75) is 20.4 Å². The van der Waals surface area contributed by atoms with Crippen LogP contribution in [0.25, 0.3) is 0 Å². The molecule has 2 aromatic heterocycles. The van der Waals surface area contributed by atoms with Crippen LogP contribution in [0.3, 0.4) is 0 Å². The van der Waals surface area contributed by atoms with E-state index >= 15 is 0 Å². The maximum Gasteiger partial charge on any atom is 0.276 e. The van der Waals surface area contributed by atoms with Gasteiger partial charge in [-0.15, -0.1) is 16.4 Å². The second-order valence-corrected chi connectivity index (χ2v) is 6.87. The van der Waals surface area contributed by atoms with E-state index in [0.29, 0.717) is 13.1 Å². The summed E-state index contributed by atoms with van der Waals surface area (Å²) in [5.74, 6) is -0.710. The Morgan fingerprint density at radius 2 is 1.96 bits per heavy atom. The van der Waals surface area contributed by atoms with Gasteiger partial charge >= 0.3 is 0 Å². The Bertz CT molecular complexity index is 742. The largest absolute Gasteiger partial charge is 0.368 e. The lowest BCUT2D eigenvalue weighted by atomic mass is 10.3. The van der Waals surface area contributed by atoms with Gasteiger partial charge in [0.2, 0.25) is 5.91 Å². The third-order valence-electron chi connectivity index (χ3n) is 3.93. The van der Waals surface area contributed by atoms with E-state index in [1.54, 1.807) is 16.2 Å². The van der Waals surface area contributed by atoms with Gasteiger partial charge in [0.15, 0.2) is 10.8 Å². The quantitative estimate of drug-likeness (QED) is 0.818. The van der Waals surface area contributed by atoms with Crippen LogP contribution < -0.4 is 10.6 Å². The third-order valence-corrected chi connectivity index (χ3v) is 5.06. The van der Waals surface area contributed by atoms with E-state index in [0.717, 1.165) is 23.9 Å². The fourth-order valence-electron chi connectivity index (χ4n) is 2.49. The van der Waals surface area contributed by atoms with Crippen molar-refractivity contribution in [2.24, 2.45) is 5.73 Å². The first-order valence-electron chi connectivity index (χ1n) is 7.60. The molecule has 0 saturated carbocycles. The Morgan fingerprint density at radius 3 is 2.54 bits per heavy atom. The van der Waals surface area contributed by atoms with Crippen molar-refractivity contribution < 1.29 is 9.59 Å². The highest BCUT2D eigenvalue weighted by Gasteiger charge is 2.25. The van der Waals surface area contributed by atoms with Crippen molar-refractivity contribution in [2.75, 3.05) is 31.1 Å². The second-order valence-electron chi connectivity index (χ2n) is 5.68. The first-order chi connectivity index (χ1) is 11.4. The molecule has 0 spiro atoms. The number of hydrogen-bond acceptors (Lipinski definition) is 7. The van der Waals surface area contributed by atoms with Crippen molar-refractivity contribution in [1.29, 1.82) is 0 Å². The van der Waals surface area contributed by atoms with Crippen LogP contribution in [0.5, 0.6) is 0 Å². The average molecular weight is 349 g/mol. The maximum absolute atomic E-state index is 12.5. The molecule has 1 aliphatic rings. The van der Waals surface area contributed by atoms with Crippen molar-refractivity contribution in [3.8, 4) is 0 Å². The van der Waals surface area contributed by atoms with Crippen LogP contribution in [0.1, 0.15) is 21.1 Å². The van der Waals surface area contributed by atoms with Gasteiger partial charge in [0.1, 0.15) is 6.54 Å². The van der Waals surface area contributed by atoms with Gasteiger partial charge < -0.3 is 15.5 Å². The molecule has 2 aromatic rings. The Balaban J connectivity index is 1.60. The fourth-order valence-corrected chi connectivity index (χ4v) is 3.45. The topological polar surface area (TPSA) is 110 Å². The number of nitrogens with zero attached hydrogens (tertiary/aromatic N) is 6. The third kappa shape index (κ3) is 3.37. The molecule has 0 aliphatic carbocycles. The lowest BCUT2D eigenvalue weighted by Crippen LogP contribution is -2.48. The van der Waals surface area contributed by atoms with E-state index in [9.17, 15) is 9.59 Å². The van der Waals surface area contributed by atoms with E-state index < -0.39 is 5.91 Å². The van der Waals surface area contributed by atoms with Crippen LogP contribution in [0.2, 0.25) is 0 Å². The van der Waals surface area contributed by atoms with Crippen LogP contribution in [-0.2, 0) is 11.3 Å². The summed E-state index contributed by atoms with van der Waals surface area (Å²) in [5.41, 5.74) is 6.38. The van der Waals surface area contributed by atoms with Crippen LogP contribution >= 0.6 is 11.3 Å². The molecular weight excluding hydrogens is 330 g/mol. The summed E-state index contributed by atoms with van der Waals surface area (Å²) >= 11 is 1.68. The summed E-state index contributed by atoms with van der Waals surface area (Å²) < 4.78 is 1.27. The zero-order chi connectivity index (χ0) is 17.3. The van der Waals surface area contributed by atoms with E-state index in [4.69, 9.17) is 5.73 Å². The van der Waals surface area contributed by atoms with Gasteiger partial charge in [0, 0.05) is 31.1 Å². The molecule has 0 radical (unpaired) electrons. The number of nitrogens with two attached hydrogens (primary N) is 1. The number of carbonyl (C=O) groups excluding carboxylic acids is 2. The lowest BCUT2D eigenvalue weighted by Gasteiger charge is -2.34. The highest BCUT2D eigenvalue weighted by atomic mass is 32.1. The van der Waals surface area contributed by atoms with Gasteiger partial charge in [-0.25, -0.2) is 9.67 Å². The molecule has 0 bridgehead atoms. The highest BCUT2D eigenvalue weighted by molar-refractivity contribution is 7.15. The van der Waals surface area contributed by atoms with Crippen LogP contribution in [0.4, 0.5) is 5.13 Å². The van der Waals surface area contributed by atoms with E-state index in [1.165, 1.54) is 15.8 Å². The van der Waals surface area contributed by atoms with Gasteiger partial charge in [-0.2, -0.15) is 0 Å². The molecule has 0 unspecified atom stereocenters. The number of amides is 2. The molecule has 9 nitrogen and oxygen atoms in total. The highest BCUT2D eigenvalue weighted by Crippen LogP contribution is 2.26. The standard InChI is InChI=1S/C14H19N7O2S/c1-9-10(2)24-14(16-9)20-5-3-19(4-6-20)13(23)11-7-21(18-17-11)8-12(15)22/h7H,3-6,8H2,1-2H3,(H2,15,22). The van der Waals surface area contributed by atoms with Gasteiger partial charge in [0.05, 0.1) is 11.9 Å². The molecule has 1 aliphatic heterocycles. The number of thiazole rings is 1. The summed E-state index contributed by atoms with van der Waals surface area (Å²) in [7, 11) is 0. The Morgan fingerprint density at radius 1 is 1.25 bits per heavy atom. The van der Waals surface area contributed by atoms with Gasteiger partial charge in [-0.05, 0) is 13.8 Å². The Kier molecular flexibility index (Phi) is 4.47. The molecule has 0 atom stereocenters. The van der Waals surface area contributed by atoms with E-state index in [1.807, 2.05) is 6.92 Å². The molecular formula is C14H19N7O2S. The van der Waals surface area contributed by atoms with Gasteiger partial charge in [-0.1, -0.05) is 5.21 Å². The first-order valence-corrected chi connectivity index (χ1v) is 8.42. The number of anilines is 1. The number of carbonyl (C=O) groups is 2. The van der Waals surface area contributed by atoms with Gasteiger partial charge in [-0.3, -0.25) is 9.59 Å². The average Bonchev–Trinajstić information content (AvgIpc) is 3.14. The maximum atomic E-state index is 12.5. The lowest BCUT2D eigenvalue weighted by molar-refractivity contribution is -0.118. The zero-order valence-corrected chi connectivity index (χ0v) is 14.4. The normalized spacial score (nSPS) is 14.9. The molecule has 0 aromatic carbocycles. The van der Waals surface area contributed by atoms with Crippen LogP contribution in [0, 0.1) is 13.8 Å². The fraction of sp³-hybridized carbons (Fsp3) is 0.500. The number of piperazine rings is 1. The van der Waals surface area contributed by atoms with Crippen LogP contribution in [-0.4, -0.2) is 62.9 Å². The number of aryl methyl sites for hydroxylation is 2.